The fraction of sp³-hybridized carbons (Fsp3) is 0. The molecule has 0 N–H and O–H groups in total. The number of carbonyl (C=O) groups is 4. The molecule has 6 rings (SSSR count). The average molecular weight is 621 g/mol. The molecule has 4 aromatic carbocycles. The molecule has 0 fully saturated rings. The first kappa shape index (κ1) is 33.9. The predicted molar refractivity (Wildman–Crippen MR) is 135 cm³/mol. The van der Waals surface area contributed by atoms with Crippen LogP contribution >= 0.6 is 0 Å². The van der Waals surface area contributed by atoms with Gasteiger partial charge in [0.1, 0.15) is 20.2 Å². The van der Waals surface area contributed by atoms with E-state index in [0.717, 1.165) is 24.3 Å². The molecule has 0 atom stereocenters. The van der Waals surface area contributed by atoms with Crippen LogP contribution in [-0.2, 0) is 20.2 Å². The van der Waals surface area contributed by atoms with E-state index in [4.69, 9.17) is 0 Å². The standard InChI is InChI=1S/2C14H8O5S.2Na/c2*15-13-9-3-1-2-4-10(9)14(16)12-7-8(20(17,18)19)5-6-11(12)13;;/h2*1-7H,(H,17,18,19);;/q;;2*+1/p-2. The molecule has 2 aliphatic carbocycles. The molecule has 0 saturated carbocycles. The summed E-state index contributed by atoms with van der Waals surface area (Å²) in [5.41, 5.74) is 1.11. The third-order valence-corrected chi connectivity index (χ3v) is 8.03. The molecule has 200 valence electrons. The zero-order valence-electron chi connectivity index (χ0n) is 22.0. The molecule has 42 heavy (non-hydrogen) atoms. The topological polar surface area (TPSA) is 183 Å². The van der Waals surface area contributed by atoms with Crippen LogP contribution in [0.25, 0.3) is 0 Å². The van der Waals surface area contributed by atoms with Crippen LogP contribution in [0.5, 0.6) is 0 Å². The van der Waals surface area contributed by atoms with Gasteiger partial charge in [-0.15, -0.1) is 0 Å². The summed E-state index contributed by atoms with van der Waals surface area (Å²) in [6.45, 7) is 0. The van der Waals surface area contributed by atoms with Crippen LogP contribution in [0, 0.1) is 0 Å². The van der Waals surface area contributed by atoms with E-state index in [0.29, 0.717) is 0 Å². The number of hydrogen-bond donors (Lipinski definition) is 0. The summed E-state index contributed by atoms with van der Waals surface area (Å²) in [5.74, 6) is -1.63. The molecule has 0 aliphatic heterocycles. The minimum atomic E-state index is -4.67. The number of hydrogen-bond acceptors (Lipinski definition) is 10. The first-order valence-electron chi connectivity index (χ1n) is 11.4. The summed E-state index contributed by atoms with van der Waals surface area (Å²) in [6, 6.07) is 19.0. The van der Waals surface area contributed by atoms with Gasteiger partial charge < -0.3 is 9.11 Å². The van der Waals surface area contributed by atoms with Crippen molar-refractivity contribution in [3.63, 3.8) is 0 Å². The Morgan fingerprint density at radius 2 is 0.619 bits per heavy atom. The Labute approximate surface area is 284 Å². The molecule has 0 saturated heterocycles. The van der Waals surface area contributed by atoms with Gasteiger partial charge in [-0.1, -0.05) is 48.5 Å². The van der Waals surface area contributed by atoms with Crippen molar-refractivity contribution < 1.29 is 104 Å². The molecule has 0 unspecified atom stereocenters. The van der Waals surface area contributed by atoms with Gasteiger partial charge in [-0.05, 0) is 36.4 Å². The first-order chi connectivity index (χ1) is 18.8. The van der Waals surface area contributed by atoms with Crippen molar-refractivity contribution in [1.82, 2.24) is 0 Å². The molecule has 0 spiro atoms. The molecule has 0 heterocycles. The van der Waals surface area contributed by atoms with Crippen molar-refractivity contribution in [3.8, 4) is 0 Å². The van der Waals surface area contributed by atoms with Crippen LogP contribution in [0.1, 0.15) is 63.7 Å². The van der Waals surface area contributed by atoms with Gasteiger partial charge in [0.15, 0.2) is 23.1 Å². The van der Waals surface area contributed by atoms with Crippen LogP contribution < -0.4 is 59.1 Å². The number of ketones is 4. The maximum Gasteiger partial charge on any atom is 1.00 e. The molecule has 0 bridgehead atoms. The Morgan fingerprint density at radius 1 is 0.381 bits per heavy atom. The number of rotatable bonds is 2. The van der Waals surface area contributed by atoms with Crippen molar-refractivity contribution in [2.75, 3.05) is 0 Å². The summed E-state index contributed by atoms with van der Waals surface area (Å²) in [4.78, 5) is 48.0. The van der Waals surface area contributed by atoms with E-state index in [1.165, 1.54) is 36.4 Å². The predicted octanol–water partition coefficient (Wildman–Crippen LogP) is -3.26. The maximum atomic E-state index is 12.3. The third-order valence-electron chi connectivity index (χ3n) is 6.37. The third kappa shape index (κ3) is 6.19. The second kappa shape index (κ2) is 12.5. The van der Waals surface area contributed by atoms with Gasteiger partial charge in [0, 0.05) is 44.5 Å². The largest absolute Gasteiger partial charge is 1.00 e. The minimum Gasteiger partial charge on any atom is -0.744 e. The zero-order chi connectivity index (χ0) is 29.0. The number of benzene rings is 4. The van der Waals surface area contributed by atoms with E-state index in [1.54, 1.807) is 24.3 Å². The molecule has 0 aromatic heterocycles. The maximum absolute atomic E-state index is 12.3. The van der Waals surface area contributed by atoms with Crippen LogP contribution in [-0.4, -0.2) is 49.1 Å². The molecule has 10 nitrogen and oxygen atoms in total. The fourth-order valence-electron chi connectivity index (χ4n) is 4.47. The molecule has 14 heteroatoms. The quantitative estimate of drug-likeness (QED) is 0.141. The van der Waals surface area contributed by atoms with Crippen LogP contribution in [0.2, 0.25) is 0 Å². The van der Waals surface area contributed by atoms with Crippen molar-refractivity contribution in [3.05, 3.63) is 129 Å². The van der Waals surface area contributed by atoms with Crippen molar-refractivity contribution >= 4 is 43.4 Å². The van der Waals surface area contributed by atoms with Crippen LogP contribution in [0.15, 0.2) is 94.7 Å². The van der Waals surface area contributed by atoms with Crippen LogP contribution in [0.4, 0.5) is 0 Å². The van der Waals surface area contributed by atoms with E-state index in [1.807, 2.05) is 0 Å². The monoisotopic (exact) mass is 620 g/mol. The summed E-state index contributed by atoms with van der Waals surface area (Å²) in [7, 11) is -9.34. The zero-order valence-corrected chi connectivity index (χ0v) is 27.6. The Bertz CT molecular complexity index is 1890. The van der Waals surface area contributed by atoms with Gasteiger partial charge in [-0.3, -0.25) is 19.2 Å². The van der Waals surface area contributed by atoms with Gasteiger partial charge in [0.2, 0.25) is 0 Å². The minimum absolute atomic E-state index is 0. The molecule has 2 aliphatic rings. The smallest absolute Gasteiger partial charge is 0.744 e. The van der Waals surface area contributed by atoms with E-state index in [2.05, 4.69) is 0 Å². The molecular weight excluding hydrogens is 606 g/mol. The van der Waals surface area contributed by atoms with Gasteiger partial charge >= 0.3 is 59.1 Å². The van der Waals surface area contributed by atoms with Crippen molar-refractivity contribution in [2.24, 2.45) is 0 Å². The van der Waals surface area contributed by atoms with Crippen molar-refractivity contribution in [1.29, 1.82) is 0 Å². The van der Waals surface area contributed by atoms with E-state index < -0.39 is 41.6 Å². The summed E-state index contributed by atoms with van der Waals surface area (Å²) >= 11 is 0. The average Bonchev–Trinajstić information content (AvgIpc) is 2.93. The number of fused-ring (bicyclic) bond motifs is 4. The Morgan fingerprint density at radius 3 is 0.881 bits per heavy atom. The van der Waals surface area contributed by atoms with Gasteiger partial charge in [-0.2, -0.15) is 0 Å². The molecule has 0 amide bonds. The second-order valence-corrected chi connectivity index (χ2v) is 11.5. The van der Waals surface area contributed by atoms with Crippen molar-refractivity contribution in [2.45, 2.75) is 9.79 Å². The summed E-state index contributed by atoms with van der Waals surface area (Å²) < 4.78 is 66.0. The molecule has 0 radical (unpaired) electrons. The normalized spacial score (nSPS) is 13.2. The van der Waals surface area contributed by atoms with Gasteiger partial charge in [0.25, 0.3) is 0 Å². The summed E-state index contributed by atoms with van der Waals surface area (Å²) in [5, 5.41) is 0. The first-order valence-corrected chi connectivity index (χ1v) is 14.2. The van der Waals surface area contributed by atoms with E-state index in [-0.39, 0.29) is 115 Å². The number of carbonyl (C=O) groups excluding carboxylic acids is 4. The molecular formula is C28H14Na2O10S2. The Balaban J connectivity index is 0.000000220. The van der Waals surface area contributed by atoms with Gasteiger partial charge in [0.05, 0.1) is 9.79 Å². The van der Waals surface area contributed by atoms with E-state index in [9.17, 15) is 45.1 Å². The Hall–Kier alpha value is -2.62. The second-order valence-electron chi connectivity index (χ2n) is 8.73. The SMILES string of the molecule is O=C1c2ccccc2C(=O)c2cc(S(=O)(=O)[O-])ccc21.O=C1c2ccccc2C(=O)c2cc(S(=O)(=O)[O-])ccc21.[Na+].[Na+]. The fourth-order valence-corrected chi connectivity index (χ4v) is 5.46. The molecule has 4 aromatic rings. The van der Waals surface area contributed by atoms with Crippen LogP contribution in [0.3, 0.4) is 0 Å². The summed E-state index contributed by atoms with van der Waals surface area (Å²) in [6.07, 6.45) is 0. The van der Waals surface area contributed by atoms with E-state index >= 15 is 0 Å². The Kier molecular flexibility index (Phi) is 10.1. The van der Waals surface area contributed by atoms with Gasteiger partial charge in [-0.25, -0.2) is 16.8 Å².